The number of nitrogens with one attached hydrogen (secondary N) is 3. The minimum atomic E-state index is -0.870. The molecule has 5 heterocycles. The Kier molecular flexibility index (Phi) is 22.4. The highest BCUT2D eigenvalue weighted by atomic mass is 35.5. The molecule has 0 radical (unpaired) electrons. The van der Waals surface area contributed by atoms with Crippen molar-refractivity contribution in [3.8, 4) is 5.75 Å². The minimum Gasteiger partial charge on any atom is -0.491 e. The van der Waals surface area contributed by atoms with Crippen LogP contribution in [0.25, 0.3) is 0 Å². The highest BCUT2D eigenvalue weighted by molar-refractivity contribution is 7.17. The fraction of sp³-hybridized carbons (Fsp3) is 0.525. The predicted octanol–water partition coefficient (Wildman–Crippen LogP) is 8.65. The molecule has 2 saturated heterocycles. The quantitative estimate of drug-likeness (QED) is 0.0365. The Balaban J connectivity index is 0.700. The van der Waals surface area contributed by atoms with Crippen molar-refractivity contribution in [1.82, 2.24) is 40.0 Å². The summed E-state index contributed by atoms with van der Waals surface area (Å²) in [6.07, 6.45) is 6.94. The second-order valence-corrected chi connectivity index (χ2v) is 24.3. The van der Waals surface area contributed by atoms with Gasteiger partial charge in [0, 0.05) is 56.8 Å². The van der Waals surface area contributed by atoms with E-state index >= 15 is 0 Å². The fourth-order valence-corrected chi connectivity index (χ4v) is 12.0. The first-order valence-corrected chi connectivity index (χ1v) is 30.6. The van der Waals surface area contributed by atoms with E-state index in [0.29, 0.717) is 113 Å². The van der Waals surface area contributed by atoms with Crippen LogP contribution in [-0.4, -0.2) is 174 Å². The summed E-state index contributed by atoms with van der Waals surface area (Å²) in [5.74, 6) is 0.966. The molecule has 452 valence electrons. The zero-order valence-corrected chi connectivity index (χ0v) is 51.2. The van der Waals surface area contributed by atoms with Crippen LogP contribution in [0.1, 0.15) is 121 Å². The number of ketones is 1. The van der Waals surface area contributed by atoms with E-state index in [1.807, 2.05) is 25.1 Å². The number of halogens is 1. The van der Waals surface area contributed by atoms with Gasteiger partial charge in [-0.25, -0.2) is 24.7 Å². The van der Waals surface area contributed by atoms with Crippen LogP contribution < -0.4 is 25.6 Å². The SMILES string of the molecule is Cc1nc(Nc2ncc(C(=O)Nc3c(C)cccc3Cl)s2)cc(N2CCN(C(=O)COCCOCCOCCOc3cccc(C(=O)c4csc([C@@H]5CCCN5C(=O)[C@@H](NC(=O)[C@H](C)N(C)C(=O)OC(C)(C)C)C5CCCCC5)n4)c3)CC2)n1. The van der Waals surface area contributed by atoms with Gasteiger partial charge in [0.15, 0.2) is 5.13 Å². The molecule has 2 aromatic carbocycles. The summed E-state index contributed by atoms with van der Waals surface area (Å²) >= 11 is 8.83. The number of nitrogens with zero attached hydrogens (tertiary/aromatic N) is 8. The van der Waals surface area contributed by atoms with Crippen molar-refractivity contribution in [3.63, 3.8) is 0 Å². The molecule has 8 rings (SSSR count). The number of hydrogen-bond donors (Lipinski definition) is 3. The molecule has 3 aliphatic rings. The molecule has 3 aromatic heterocycles. The first kappa shape index (κ1) is 63.2. The Bertz CT molecular complexity index is 3070. The van der Waals surface area contributed by atoms with E-state index in [9.17, 15) is 28.8 Å². The molecular formula is C59H76ClN11O11S2. The average molecular weight is 1210 g/mol. The lowest BCUT2D eigenvalue weighted by molar-refractivity contribution is -0.140. The number of aromatic nitrogens is 4. The lowest BCUT2D eigenvalue weighted by atomic mass is 9.83. The van der Waals surface area contributed by atoms with Crippen molar-refractivity contribution < 1.29 is 52.5 Å². The molecule has 0 unspecified atom stereocenters. The lowest BCUT2D eigenvalue weighted by Crippen LogP contribution is -2.56. The molecule has 3 atom stereocenters. The van der Waals surface area contributed by atoms with Crippen LogP contribution in [0.3, 0.4) is 0 Å². The van der Waals surface area contributed by atoms with E-state index in [4.69, 9.17) is 40.3 Å². The molecule has 3 N–H and O–H groups in total. The zero-order valence-electron chi connectivity index (χ0n) is 48.8. The number of likely N-dealkylation sites (N-methyl/N-ethyl adjacent to an activating group) is 1. The summed E-state index contributed by atoms with van der Waals surface area (Å²) in [6.45, 7) is 14.9. The van der Waals surface area contributed by atoms with Gasteiger partial charge in [-0.15, -0.1) is 11.3 Å². The number of hydrogen-bond acceptors (Lipinski definition) is 19. The van der Waals surface area contributed by atoms with Crippen LogP contribution in [0.15, 0.2) is 60.1 Å². The van der Waals surface area contributed by atoms with Crippen LogP contribution in [0, 0.1) is 19.8 Å². The number of rotatable bonds is 25. The Morgan fingerprint density at radius 2 is 1.55 bits per heavy atom. The molecule has 84 heavy (non-hydrogen) atoms. The van der Waals surface area contributed by atoms with Crippen molar-refractivity contribution in [2.75, 3.05) is 102 Å². The number of para-hydroxylation sites is 1. The van der Waals surface area contributed by atoms with Gasteiger partial charge in [0.25, 0.3) is 5.91 Å². The predicted molar refractivity (Wildman–Crippen MR) is 321 cm³/mol. The standard InChI is InChI=1S/C59H76ClN11O11S2/c1-37-14-11-19-43(60)50(37)66-54(75)46-34-61-57(84-46)65-47-33-48(63-39(3)62-47)69-22-24-70(25-23-69)49(72)35-80-29-28-78-26-27-79-30-31-81-42-18-12-17-41(32-42)52(73)44-36-83-55(64-44)45-20-13-21-71(45)56(76)51(40-15-9-8-10-16-40)67-53(74)38(2)68(7)58(77)82-59(4,5)6/h11-12,14,17-19,32-34,36,38,40,45,51H,8-10,13,15-16,20-31,35H2,1-7H3,(H,66,75)(H,67,74)(H,61,62,63,65)/t38-,45-,51-/m0/s1. The van der Waals surface area contributed by atoms with Crippen molar-refractivity contribution in [2.24, 2.45) is 5.92 Å². The number of likely N-dealkylation sites (tertiary alicyclic amines) is 1. The van der Waals surface area contributed by atoms with Crippen molar-refractivity contribution >= 4 is 92.2 Å². The number of anilines is 4. The second kappa shape index (κ2) is 29.8. The molecular weight excluding hydrogens is 1140 g/mol. The molecule has 0 bridgehead atoms. The van der Waals surface area contributed by atoms with Crippen LogP contribution in [-0.2, 0) is 33.3 Å². The van der Waals surface area contributed by atoms with E-state index in [1.54, 1.807) is 80.1 Å². The van der Waals surface area contributed by atoms with Gasteiger partial charge in [-0.3, -0.25) is 28.9 Å². The van der Waals surface area contributed by atoms with E-state index < -0.39 is 29.7 Å². The zero-order chi connectivity index (χ0) is 59.9. The van der Waals surface area contributed by atoms with Crippen LogP contribution >= 0.6 is 34.3 Å². The molecule has 5 amide bonds. The summed E-state index contributed by atoms with van der Waals surface area (Å²) in [5, 5.41) is 12.4. The van der Waals surface area contributed by atoms with Crippen molar-refractivity contribution in [1.29, 1.82) is 0 Å². The average Bonchev–Trinajstić information content (AvgIpc) is 4.32. The normalized spacial score (nSPS) is 16.4. The van der Waals surface area contributed by atoms with Gasteiger partial charge in [-0.1, -0.05) is 66.5 Å². The summed E-state index contributed by atoms with van der Waals surface area (Å²) in [7, 11) is 1.52. The third-order valence-corrected chi connectivity index (χ3v) is 16.8. The van der Waals surface area contributed by atoms with E-state index in [0.717, 1.165) is 44.1 Å². The van der Waals surface area contributed by atoms with Crippen molar-refractivity contribution in [2.45, 2.75) is 110 Å². The number of thiazole rings is 2. The van der Waals surface area contributed by atoms with Gasteiger partial charge in [-0.05, 0) is 96.9 Å². The minimum absolute atomic E-state index is 0.0448. The van der Waals surface area contributed by atoms with Crippen LogP contribution in [0.4, 0.5) is 27.2 Å². The smallest absolute Gasteiger partial charge is 0.410 e. The molecule has 25 heteroatoms. The number of piperazine rings is 1. The molecule has 5 aromatic rings. The van der Waals surface area contributed by atoms with Crippen LogP contribution in [0.5, 0.6) is 5.75 Å². The summed E-state index contributed by atoms with van der Waals surface area (Å²) in [4.78, 5) is 106. The number of amides is 5. The number of carbonyl (C=O) groups excluding carboxylic acids is 6. The molecule has 1 aliphatic carbocycles. The lowest BCUT2D eigenvalue weighted by Gasteiger charge is -2.36. The maximum Gasteiger partial charge on any atom is 0.410 e. The van der Waals surface area contributed by atoms with Crippen LogP contribution in [0.2, 0.25) is 5.02 Å². The summed E-state index contributed by atoms with van der Waals surface area (Å²) < 4.78 is 28.4. The number of ether oxygens (including phenoxy) is 5. The van der Waals surface area contributed by atoms with Gasteiger partial charge < -0.3 is 54.3 Å². The third kappa shape index (κ3) is 17.4. The highest BCUT2D eigenvalue weighted by Crippen LogP contribution is 2.37. The van der Waals surface area contributed by atoms with Gasteiger partial charge in [0.05, 0.1) is 56.0 Å². The monoisotopic (exact) mass is 1210 g/mol. The van der Waals surface area contributed by atoms with E-state index in [-0.39, 0.29) is 67.6 Å². The maximum absolute atomic E-state index is 14.5. The largest absolute Gasteiger partial charge is 0.491 e. The number of benzene rings is 2. The molecule has 0 spiro atoms. The molecule has 2 aliphatic heterocycles. The Morgan fingerprint density at radius 3 is 2.27 bits per heavy atom. The summed E-state index contributed by atoms with van der Waals surface area (Å²) in [6, 6.07) is 12.2. The number of carbonyl (C=O) groups is 6. The second-order valence-electron chi connectivity index (χ2n) is 22.0. The third-order valence-electron chi connectivity index (χ3n) is 14.7. The van der Waals surface area contributed by atoms with E-state index in [2.05, 4.69) is 35.8 Å². The number of aryl methyl sites for hydroxylation is 2. The van der Waals surface area contributed by atoms with Gasteiger partial charge in [0.1, 0.15) is 69.7 Å². The first-order chi connectivity index (χ1) is 40.3. The van der Waals surface area contributed by atoms with E-state index in [1.165, 1.54) is 40.8 Å². The highest BCUT2D eigenvalue weighted by Gasteiger charge is 2.41. The topological polar surface area (TPSA) is 249 Å². The summed E-state index contributed by atoms with van der Waals surface area (Å²) in [5.41, 5.74) is 1.36. The molecule has 22 nitrogen and oxygen atoms in total. The van der Waals surface area contributed by atoms with Crippen molar-refractivity contribution in [3.05, 3.63) is 97.7 Å². The van der Waals surface area contributed by atoms with Gasteiger partial charge in [0.2, 0.25) is 23.5 Å². The Hall–Kier alpha value is -6.83. The van der Waals surface area contributed by atoms with Gasteiger partial charge in [-0.2, -0.15) is 0 Å². The molecule has 3 fully saturated rings. The fourth-order valence-electron chi connectivity index (χ4n) is 10.1. The Labute approximate surface area is 503 Å². The first-order valence-electron chi connectivity index (χ1n) is 28.5. The molecule has 1 saturated carbocycles. The maximum atomic E-state index is 14.5. The Morgan fingerprint density at radius 1 is 0.833 bits per heavy atom. The van der Waals surface area contributed by atoms with Gasteiger partial charge >= 0.3 is 6.09 Å².